The molecule has 1 rings (SSSR count). The van der Waals surface area contributed by atoms with Crippen LogP contribution in [0.15, 0.2) is 18.2 Å². The summed E-state index contributed by atoms with van der Waals surface area (Å²) in [7, 11) is 0. The molecule has 1 atom stereocenters. The van der Waals surface area contributed by atoms with Gasteiger partial charge in [0.15, 0.2) is 0 Å². The lowest BCUT2D eigenvalue weighted by Crippen LogP contribution is -2.40. The van der Waals surface area contributed by atoms with Gasteiger partial charge in [-0.2, -0.15) is 13.2 Å². The Morgan fingerprint density at radius 1 is 1.31 bits per heavy atom. The van der Waals surface area contributed by atoms with Crippen LogP contribution in [0.1, 0.15) is 11.1 Å². The topological polar surface area (TPSA) is 35.2 Å². The second-order valence-electron chi connectivity index (χ2n) is 3.65. The Labute approximate surface area is 92.2 Å². The second-order valence-corrected chi connectivity index (χ2v) is 3.65. The number of rotatable bonds is 3. The average molecular weight is 233 g/mol. The Balaban J connectivity index is 2.90. The summed E-state index contributed by atoms with van der Waals surface area (Å²) in [5.74, 6) is 0.229. The van der Waals surface area contributed by atoms with E-state index in [2.05, 4.69) is 0 Å². The van der Waals surface area contributed by atoms with Gasteiger partial charge in [-0.25, -0.2) is 0 Å². The van der Waals surface area contributed by atoms with E-state index in [1.54, 1.807) is 26.0 Å². The largest absolute Gasteiger partial charge is 0.479 e. The summed E-state index contributed by atoms with van der Waals surface area (Å²) in [5, 5.41) is 0. The molecule has 0 aliphatic rings. The summed E-state index contributed by atoms with van der Waals surface area (Å²) in [6.45, 7) is 2.90. The summed E-state index contributed by atoms with van der Waals surface area (Å²) in [4.78, 5) is 0. The Hall–Kier alpha value is -1.23. The minimum absolute atomic E-state index is 0.229. The van der Waals surface area contributed by atoms with Crippen molar-refractivity contribution >= 4 is 0 Å². The smallest absolute Gasteiger partial charge is 0.426 e. The van der Waals surface area contributed by atoms with Crippen molar-refractivity contribution < 1.29 is 17.9 Å². The van der Waals surface area contributed by atoms with E-state index in [4.69, 9.17) is 10.5 Å². The molecule has 0 saturated heterocycles. The Bertz CT molecular complexity index is 363. The normalized spacial score (nSPS) is 13.6. The van der Waals surface area contributed by atoms with E-state index in [1.807, 2.05) is 6.07 Å². The fourth-order valence-electron chi connectivity index (χ4n) is 1.24. The van der Waals surface area contributed by atoms with Gasteiger partial charge in [0, 0.05) is 6.54 Å². The zero-order valence-corrected chi connectivity index (χ0v) is 9.14. The number of halogens is 3. The quantitative estimate of drug-likeness (QED) is 0.870. The molecule has 0 aliphatic heterocycles. The number of nitrogens with two attached hydrogens (primary N) is 1. The van der Waals surface area contributed by atoms with Crippen molar-refractivity contribution in [3.05, 3.63) is 29.3 Å². The Kier molecular flexibility index (Phi) is 3.80. The minimum Gasteiger partial charge on any atom is -0.479 e. The summed E-state index contributed by atoms with van der Waals surface area (Å²) in [6.07, 6.45) is -6.39. The molecular formula is C11H14F3NO. The monoisotopic (exact) mass is 233 g/mol. The van der Waals surface area contributed by atoms with Crippen molar-refractivity contribution in [2.24, 2.45) is 5.73 Å². The molecule has 2 nitrogen and oxygen atoms in total. The van der Waals surface area contributed by atoms with Gasteiger partial charge < -0.3 is 10.5 Å². The van der Waals surface area contributed by atoms with Crippen molar-refractivity contribution in [2.75, 3.05) is 6.54 Å². The molecule has 0 heterocycles. The van der Waals surface area contributed by atoms with Gasteiger partial charge in [0.2, 0.25) is 6.10 Å². The second kappa shape index (κ2) is 4.74. The van der Waals surface area contributed by atoms with E-state index in [0.717, 1.165) is 5.56 Å². The van der Waals surface area contributed by atoms with Crippen LogP contribution in [0.2, 0.25) is 0 Å². The maximum Gasteiger partial charge on any atom is 0.426 e. The first-order valence-corrected chi connectivity index (χ1v) is 4.85. The van der Waals surface area contributed by atoms with E-state index in [1.165, 1.54) is 0 Å². The first-order valence-electron chi connectivity index (χ1n) is 4.85. The van der Waals surface area contributed by atoms with E-state index in [-0.39, 0.29) is 5.75 Å². The predicted octanol–water partition coefficient (Wildman–Crippen LogP) is 2.57. The fourth-order valence-corrected chi connectivity index (χ4v) is 1.24. The molecule has 1 aromatic rings. The molecule has 0 aliphatic carbocycles. The predicted molar refractivity (Wildman–Crippen MR) is 55.4 cm³/mol. The standard InChI is InChI=1S/C11H14F3NO/c1-7-3-4-8(2)9(5-7)16-10(6-15)11(12,13)14/h3-5,10H,6,15H2,1-2H3. The summed E-state index contributed by atoms with van der Waals surface area (Å²) in [5.41, 5.74) is 6.56. The fraction of sp³-hybridized carbons (Fsp3) is 0.455. The molecular weight excluding hydrogens is 219 g/mol. The van der Waals surface area contributed by atoms with Gasteiger partial charge in [-0.3, -0.25) is 0 Å². The molecule has 1 unspecified atom stereocenters. The van der Waals surface area contributed by atoms with Gasteiger partial charge >= 0.3 is 6.18 Å². The maximum atomic E-state index is 12.4. The first-order chi connectivity index (χ1) is 7.34. The highest BCUT2D eigenvalue weighted by Gasteiger charge is 2.40. The van der Waals surface area contributed by atoms with Gasteiger partial charge in [-0.05, 0) is 31.0 Å². The molecule has 16 heavy (non-hydrogen) atoms. The molecule has 1 aromatic carbocycles. The van der Waals surface area contributed by atoms with E-state index >= 15 is 0 Å². The lowest BCUT2D eigenvalue weighted by Gasteiger charge is -2.21. The van der Waals surface area contributed by atoms with Crippen LogP contribution >= 0.6 is 0 Å². The van der Waals surface area contributed by atoms with Gasteiger partial charge in [0.25, 0.3) is 0 Å². The lowest BCUT2D eigenvalue weighted by atomic mass is 10.1. The van der Waals surface area contributed by atoms with Crippen molar-refractivity contribution in [3.8, 4) is 5.75 Å². The highest BCUT2D eigenvalue weighted by molar-refractivity contribution is 5.36. The minimum atomic E-state index is -4.44. The molecule has 0 saturated carbocycles. The Morgan fingerprint density at radius 3 is 2.44 bits per heavy atom. The maximum absolute atomic E-state index is 12.4. The molecule has 5 heteroatoms. The third kappa shape index (κ3) is 3.13. The number of alkyl halides is 3. The van der Waals surface area contributed by atoms with E-state index < -0.39 is 18.8 Å². The third-order valence-corrected chi connectivity index (χ3v) is 2.19. The zero-order chi connectivity index (χ0) is 12.3. The number of ether oxygens (including phenoxy) is 1. The van der Waals surface area contributed by atoms with Crippen molar-refractivity contribution in [1.82, 2.24) is 0 Å². The number of hydrogen-bond acceptors (Lipinski definition) is 2. The summed E-state index contributed by atoms with van der Waals surface area (Å²) in [6, 6.07) is 5.10. The molecule has 0 radical (unpaired) electrons. The molecule has 0 bridgehead atoms. The van der Waals surface area contributed by atoms with Crippen LogP contribution in [0.4, 0.5) is 13.2 Å². The molecule has 0 aromatic heterocycles. The molecule has 0 amide bonds. The number of aryl methyl sites for hydroxylation is 2. The van der Waals surface area contributed by atoms with Crippen molar-refractivity contribution in [3.63, 3.8) is 0 Å². The zero-order valence-electron chi connectivity index (χ0n) is 9.14. The van der Waals surface area contributed by atoms with Crippen LogP contribution < -0.4 is 10.5 Å². The highest BCUT2D eigenvalue weighted by atomic mass is 19.4. The lowest BCUT2D eigenvalue weighted by molar-refractivity contribution is -0.191. The van der Waals surface area contributed by atoms with E-state index in [9.17, 15) is 13.2 Å². The van der Waals surface area contributed by atoms with Crippen LogP contribution in [-0.2, 0) is 0 Å². The highest BCUT2D eigenvalue weighted by Crippen LogP contribution is 2.27. The van der Waals surface area contributed by atoms with Crippen LogP contribution in [0.5, 0.6) is 5.75 Å². The number of benzene rings is 1. The molecule has 90 valence electrons. The summed E-state index contributed by atoms with van der Waals surface area (Å²) >= 11 is 0. The third-order valence-electron chi connectivity index (χ3n) is 2.19. The van der Waals surface area contributed by atoms with Gasteiger partial charge in [-0.1, -0.05) is 12.1 Å². The average Bonchev–Trinajstić information content (AvgIpc) is 2.17. The van der Waals surface area contributed by atoms with Crippen molar-refractivity contribution in [2.45, 2.75) is 26.1 Å². The number of hydrogen-bond donors (Lipinski definition) is 1. The van der Waals surface area contributed by atoms with Crippen LogP contribution in [0.25, 0.3) is 0 Å². The van der Waals surface area contributed by atoms with Crippen LogP contribution in [-0.4, -0.2) is 18.8 Å². The molecule has 0 fully saturated rings. The van der Waals surface area contributed by atoms with Crippen LogP contribution in [0, 0.1) is 13.8 Å². The van der Waals surface area contributed by atoms with Crippen LogP contribution in [0.3, 0.4) is 0 Å². The molecule has 2 N–H and O–H groups in total. The first kappa shape index (κ1) is 12.8. The summed E-state index contributed by atoms with van der Waals surface area (Å²) < 4.78 is 42.2. The van der Waals surface area contributed by atoms with Gasteiger partial charge in [0.05, 0.1) is 0 Å². The van der Waals surface area contributed by atoms with Crippen molar-refractivity contribution in [1.29, 1.82) is 0 Å². The van der Waals surface area contributed by atoms with Gasteiger partial charge in [0.1, 0.15) is 5.75 Å². The van der Waals surface area contributed by atoms with E-state index in [0.29, 0.717) is 5.56 Å². The molecule has 0 spiro atoms. The Morgan fingerprint density at radius 2 is 1.94 bits per heavy atom. The SMILES string of the molecule is Cc1ccc(C)c(OC(CN)C(F)(F)F)c1. The van der Waals surface area contributed by atoms with Gasteiger partial charge in [-0.15, -0.1) is 0 Å².